The van der Waals surface area contributed by atoms with Gasteiger partial charge in [-0.25, -0.2) is 9.52 Å². The highest BCUT2D eigenvalue weighted by molar-refractivity contribution is 7.87. The molecule has 1 unspecified atom stereocenters. The summed E-state index contributed by atoms with van der Waals surface area (Å²) in [6, 6.07) is 0. The molecule has 0 radical (unpaired) electrons. The minimum atomic E-state index is -4.11. The van der Waals surface area contributed by atoms with Crippen molar-refractivity contribution in [3.63, 3.8) is 0 Å². The van der Waals surface area contributed by atoms with Crippen LogP contribution in [0.15, 0.2) is 0 Å². The zero-order valence-corrected chi connectivity index (χ0v) is 9.86. The smallest absolute Gasteiger partial charge is 0.421 e. The normalized spacial score (nSPS) is 25.5. The van der Waals surface area contributed by atoms with E-state index in [2.05, 4.69) is 4.74 Å². The Morgan fingerprint density at radius 1 is 1.53 bits per heavy atom. The molecule has 1 aliphatic heterocycles. The van der Waals surface area contributed by atoms with Gasteiger partial charge in [0.2, 0.25) is 0 Å². The Morgan fingerprint density at radius 2 is 2.12 bits per heavy atom. The number of carboxylic acids is 1. The fourth-order valence-electron chi connectivity index (χ4n) is 1.39. The van der Waals surface area contributed by atoms with Crippen LogP contribution in [0, 0.1) is 0 Å². The van der Waals surface area contributed by atoms with E-state index in [-0.39, 0.29) is 13.0 Å². The van der Waals surface area contributed by atoms with Crippen molar-refractivity contribution < 1.29 is 27.9 Å². The molecule has 1 atom stereocenters. The highest BCUT2D eigenvalue weighted by Crippen LogP contribution is 2.21. The molecule has 0 bridgehead atoms. The summed E-state index contributed by atoms with van der Waals surface area (Å²) in [5.41, 5.74) is 3.88. The lowest BCUT2D eigenvalue weighted by atomic mass is 10.0. The van der Waals surface area contributed by atoms with Gasteiger partial charge in [-0.3, -0.25) is 4.79 Å². The van der Waals surface area contributed by atoms with E-state index < -0.39 is 34.4 Å². The predicted octanol–water partition coefficient (Wildman–Crippen LogP) is -1.92. The number of methoxy groups -OCH3 is 1. The number of nitrogens with one attached hydrogen (secondary N) is 1. The molecule has 0 saturated carbocycles. The molecule has 1 rings (SSSR count). The molecule has 0 aromatic carbocycles. The van der Waals surface area contributed by atoms with Crippen LogP contribution in [0.2, 0.25) is 0 Å². The minimum absolute atomic E-state index is 0.0234. The molecule has 1 heterocycles. The maximum atomic E-state index is 11.6. The Kier molecular flexibility index (Phi) is 3.59. The molecule has 1 fully saturated rings. The Labute approximate surface area is 97.7 Å². The maximum Gasteiger partial charge on any atom is 0.421 e. The second-order valence-corrected chi connectivity index (χ2v) is 5.31. The molecular weight excluding hydrogens is 254 g/mol. The van der Waals surface area contributed by atoms with Gasteiger partial charge in [0.15, 0.2) is 0 Å². The number of nitrogens with zero attached hydrogens (tertiary/aromatic N) is 1. The van der Waals surface area contributed by atoms with Crippen molar-refractivity contribution in [1.82, 2.24) is 9.03 Å². The van der Waals surface area contributed by atoms with Gasteiger partial charge in [-0.2, -0.15) is 12.7 Å². The van der Waals surface area contributed by atoms with E-state index in [1.54, 1.807) is 4.72 Å². The third kappa shape index (κ3) is 2.84. The lowest BCUT2D eigenvalue weighted by molar-refractivity contribution is -0.142. The zero-order chi connectivity index (χ0) is 13.3. The summed E-state index contributed by atoms with van der Waals surface area (Å²) in [5, 5.41) is 8.83. The monoisotopic (exact) mass is 267 g/mol. The first kappa shape index (κ1) is 13.7. The molecular formula is C7H13N3O6S. The maximum absolute atomic E-state index is 11.6. The van der Waals surface area contributed by atoms with Gasteiger partial charge in [-0.1, -0.05) is 0 Å². The van der Waals surface area contributed by atoms with Gasteiger partial charge >= 0.3 is 22.3 Å². The average Bonchev–Trinajstić information content (AvgIpc) is 2.62. The van der Waals surface area contributed by atoms with E-state index in [1.807, 2.05) is 0 Å². The van der Waals surface area contributed by atoms with Crippen molar-refractivity contribution >= 4 is 22.3 Å². The van der Waals surface area contributed by atoms with Crippen molar-refractivity contribution in [1.29, 1.82) is 0 Å². The van der Waals surface area contributed by atoms with E-state index in [1.165, 1.54) is 0 Å². The first-order chi connectivity index (χ1) is 7.71. The zero-order valence-electron chi connectivity index (χ0n) is 9.04. The third-order valence-corrected chi connectivity index (χ3v) is 3.85. The molecule has 0 spiro atoms. The van der Waals surface area contributed by atoms with Crippen LogP contribution in [0.4, 0.5) is 4.79 Å². The molecule has 0 aromatic rings. The Morgan fingerprint density at radius 3 is 2.53 bits per heavy atom. The molecule has 9 nitrogen and oxygen atoms in total. The van der Waals surface area contributed by atoms with Crippen LogP contribution in [0.25, 0.3) is 0 Å². The lowest BCUT2D eigenvalue weighted by Gasteiger charge is -2.19. The van der Waals surface area contributed by atoms with Gasteiger partial charge in [0.25, 0.3) is 0 Å². The van der Waals surface area contributed by atoms with E-state index in [0.717, 1.165) is 11.4 Å². The molecule has 0 aromatic heterocycles. The molecule has 10 heteroatoms. The highest BCUT2D eigenvalue weighted by atomic mass is 32.2. The van der Waals surface area contributed by atoms with Crippen molar-refractivity contribution in [2.45, 2.75) is 12.0 Å². The van der Waals surface area contributed by atoms with Crippen LogP contribution in [-0.4, -0.2) is 55.6 Å². The summed E-state index contributed by atoms with van der Waals surface area (Å²) in [7, 11) is -3.10. The van der Waals surface area contributed by atoms with Gasteiger partial charge < -0.3 is 15.6 Å². The summed E-state index contributed by atoms with van der Waals surface area (Å²) in [5.74, 6) is -1.28. The van der Waals surface area contributed by atoms with Gasteiger partial charge in [-0.05, 0) is 6.42 Å². The van der Waals surface area contributed by atoms with Crippen molar-refractivity contribution in [2.75, 3.05) is 20.2 Å². The summed E-state index contributed by atoms with van der Waals surface area (Å²) in [4.78, 5) is 21.6. The number of carbonyl (C=O) groups excluding carboxylic acids is 1. The molecule has 0 aliphatic carbocycles. The Balaban J connectivity index is 2.77. The number of ether oxygens (including phenoxy) is 1. The quantitative estimate of drug-likeness (QED) is 0.541. The van der Waals surface area contributed by atoms with Crippen LogP contribution in [0.5, 0.6) is 0 Å². The standard InChI is InChI=1S/C7H13N3O6S/c1-16-6(13)9-17(14,15)10-3-2-7(8,4-10)5(11)12/h2-4,8H2,1H3,(H,9,13)(H,11,12). The van der Waals surface area contributed by atoms with Crippen LogP contribution >= 0.6 is 0 Å². The van der Waals surface area contributed by atoms with E-state index >= 15 is 0 Å². The summed E-state index contributed by atoms with van der Waals surface area (Å²) < 4.78 is 29.7. The average molecular weight is 267 g/mol. The summed E-state index contributed by atoms with van der Waals surface area (Å²) in [6.45, 7) is -0.468. The van der Waals surface area contributed by atoms with Gasteiger partial charge in [-0.15, -0.1) is 0 Å². The second kappa shape index (κ2) is 4.47. The third-order valence-electron chi connectivity index (χ3n) is 2.43. The Hall–Kier alpha value is -1.39. The van der Waals surface area contributed by atoms with Gasteiger partial charge in [0, 0.05) is 13.1 Å². The second-order valence-electron chi connectivity index (χ2n) is 3.64. The molecule has 98 valence electrons. The summed E-state index contributed by atoms with van der Waals surface area (Å²) in [6.07, 6.45) is -1.17. The number of hydrogen-bond donors (Lipinski definition) is 3. The van der Waals surface area contributed by atoms with Crippen molar-refractivity contribution in [3.05, 3.63) is 0 Å². The lowest BCUT2D eigenvalue weighted by Crippen LogP contribution is -2.52. The number of hydrogen-bond acceptors (Lipinski definition) is 6. The van der Waals surface area contributed by atoms with Crippen LogP contribution in [0.3, 0.4) is 0 Å². The number of amides is 1. The van der Waals surface area contributed by atoms with Crippen LogP contribution in [0.1, 0.15) is 6.42 Å². The topological polar surface area (TPSA) is 139 Å². The first-order valence-electron chi connectivity index (χ1n) is 4.59. The minimum Gasteiger partial charge on any atom is -0.480 e. The largest absolute Gasteiger partial charge is 0.480 e. The highest BCUT2D eigenvalue weighted by Gasteiger charge is 2.45. The van der Waals surface area contributed by atoms with Crippen LogP contribution < -0.4 is 10.5 Å². The number of carboxylic acid groups (broad SMARTS) is 1. The molecule has 17 heavy (non-hydrogen) atoms. The van der Waals surface area contributed by atoms with Crippen molar-refractivity contribution in [2.24, 2.45) is 5.73 Å². The van der Waals surface area contributed by atoms with E-state index in [9.17, 15) is 18.0 Å². The fraction of sp³-hybridized carbons (Fsp3) is 0.714. The molecule has 1 saturated heterocycles. The van der Waals surface area contributed by atoms with Crippen molar-refractivity contribution in [3.8, 4) is 0 Å². The Bertz CT molecular complexity index is 435. The van der Waals surface area contributed by atoms with E-state index in [4.69, 9.17) is 10.8 Å². The first-order valence-corrected chi connectivity index (χ1v) is 6.03. The van der Waals surface area contributed by atoms with Gasteiger partial charge in [0.1, 0.15) is 5.54 Å². The number of nitrogens with two attached hydrogens (primary N) is 1. The molecule has 4 N–H and O–H groups in total. The molecule has 1 amide bonds. The fourth-order valence-corrected chi connectivity index (χ4v) is 2.54. The SMILES string of the molecule is COC(=O)NS(=O)(=O)N1CCC(N)(C(=O)O)C1. The number of carbonyl (C=O) groups is 2. The van der Waals surface area contributed by atoms with Crippen LogP contribution in [-0.2, 0) is 19.7 Å². The van der Waals surface area contributed by atoms with Gasteiger partial charge in [0.05, 0.1) is 7.11 Å². The number of rotatable bonds is 3. The van der Waals surface area contributed by atoms with E-state index in [0.29, 0.717) is 0 Å². The predicted molar refractivity (Wildman–Crippen MR) is 55.2 cm³/mol. The number of aliphatic carboxylic acids is 1. The molecule has 1 aliphatic rings. The summed E-state index contributed by atoms with van der Waals surface area (Å²) >= 11 is 0.